The molecule has 1 heterocycles. The van der Waals surface area contributed by atoms with Crippen LogP contribution in [0.15, 0.2) is 18.2 Å². The molecule has 1 amide bonds. The highest BCUT2D eigenvalue weighted by atomic mass is 19.1. The average molecular weight is 355 g/mol. The van der Waals surface area contributed by atoms with Crippen LogP contribution in [0.4, 0.5) is 8.78 Å². The van der Waals surface area contributed by atoms with Gasteiger partial charge in [0.25, 0.3) is 0 Å². The summed E-state index contributed by atoms with van der Waals surface area (Å²) in [7, 11) is 1.59. The minimum atomic E-state index is -0.555. The van der Waals surface area contributed by atoms with E-state index in [4.69, 9.17) is 4.74 Å². The van der Waals surface area contributed by atoms with Crippen LogP contribution in [-0.4, -0.2) is 55.7 Å². The van der Waals surface area contributed by atoms with E-state index in [2.05, 4.69) is 15.5 Å². The highest BCUT2D eigenvalue weighted by Gasteiger charge is 2.37. The van der Waals surface area contributed by atoms with Gasteiger partial charge in [0.05, 0.1) is 12.6 Å². The van der Waals surface area contributed by atoms with E-state index in [0.717, 1.165) is 0 Å². The number of likely N-dealkylation sites (tertiary alicyclic amines) is 1. The Morgan fingerprint density at radius 2 is 2.04 bits per heavy atom. The van der Waals surface area contributed by atoms with Crippen molar-refractivity contribution in [2.45, 2.75) is 44.9 Å². The van der Waals surface area contributed by atoms with Gasteiger partial charge in [-0.25, -0.2) is 8.78 Å². The highest BCUT2D eigenvalue weighted by molar-refractivity contribution is 5.82. The third-order valence-corrected chi connectivity index (χ3v) is 4.54. The van der Waals surface area contributed by atoms with Crippen LogP contribution in [0.5, 0.6) is 0 Å². The molecular weight excluding hydrogens is 328 g/mol. The molecule has 0 aromatic heterocycles. The number of ether oxygens (including phenoxy) is 1. The normalized spacial score (nSPS) is 21.0. The second-order valence-corrected chi connectivity index (χ2v) is 6.60. The first kappa shape index (κ1) is 19.8. The molecule has 0 bridgehead atoms. The fourth-order valence-corrected chi connectivity index (χ4v) is 3.18. The fourth-order valence-electron chi connectivity index (χ4n) is 3.18. The largest absolute Gasteiger partial charge is 0.383 e. The van der Waals surface area contributed by atoms with Crippen molar-refractivity contribution in [2.24, 2.45) is 0 Å². The van der Waals surface area contributed by atoms with Gasteiger partial charge in [0.2, 0.25) is 5.91 Å². The second-order valence-electron chi connectivity index (χ2n) is 6.60. The summed E-state index contributed by atoms with van der Waals surface area (Å²) < 4.78 is 32.4. The molecule has 7 heteroatoms. The van der Waals surface area contributed by atoms with Crippen molar-refractivity contribution in [2.75, 3.05) is 26.8 Å². The predicted molar refractivity (Wildman–Crippen MR) is 92.1 cm³/mol. The lowest BCUT2D eigenvalue weighted by molar-refractivity contribution is -0.126. The maximum Gasteiger partial charge on any atom is 0.237 e. The van der Waals surface area contributed by atoms with Crippen molar-refractivity contribution in [1.82, 2.24) is 15.5 Å². The third kappa shape index (κ3) is 5.20. The Balaban J connectivity index is 1.95. The van der Waals surface area contributed by atoms with E-state index in [9.17, 15) is 13.6 Å². The van der Waals surface area contributed by atoms with Gasteiger partial charge >= 0.3 is 0 Å². The van der Waals surface area contributed by atoms with Crippen molar-refractivity contribution in [3.8, 4) is 0 Å². The molecule has 1 fully saturated rings. The zero-order valence-electron chi connectivity index (χ0n) is 15.0. The molecule has 1 aromatic rings. The molecule has 2 rings (SSSR count). The van der Waals surface area contributed by atoms with Crippen molar-refractivity contribution < 1.29 is 18.3 Å². The van der Waals surface area contributed by atoms with Crippen LogP contribution in [0.1, 0.15) is 25.8 Å². The van der Waals surface area contributed by atoms with Gasteiger partial charge in [0.1, 0.15) is 11.6 Å². The zero-order chi connectivity index (χ0) is 18.4. The predicted octanol–water partition coefficient (Wildman–Crippen LogP) is 1.67. The van der Waals surface area contributed by atoms with E-state index >= 15 is 0 Å². The summed E-state index contributed by atoms with van der Waals surface area (Å²) in [4.78, 5) is 14.5. The number of methoxy groups -OCH3 is 1. The van der Waals surface area contributed by atoms with Gasteiger partial charge in [-0.05, 0) is 32.4 Å². The summed E-state index contributed by atoms with van der Waals surface area (Å²) in [5.74, 6) is -1.15. The number of nitrogens with one attached hydrogen (secondary N) is 2. The number of amides is 1. The number of carbonyl (C=O) groups excluding carboxylic acids is 1. The minimum absolute atomic E-state index is 0.000388. The van der Waals surface area contributed by atoms with Gasteiger partial charge in [-0.15, -0.1) is 0 Å². The van der Waals surface area contributed by atoms with E-state index in [1.807, 2.05) is 13.8 Å². The number of rotatable bonds is 8. The summed E-state index contributed by atoms with van der Waals surface area (Å²) in [6.07, 6.45) is 0.604. The Kier molecular flexibility index (Phi) is 7.28. The Labute approximate surface area is 147 Å². The number of benzene rings is 1. The van der Waals surface area contributed by atoms with Crippen LogP contribution in [0.2, 0.25) is 0 Å². The smallest absolute Gasteiger partial charge is 0.237 e. The molecular formula is C18H27F2N3O2. The first-order valence-corrected chi connectivity index (χ1v) is 8.62. The number of nitrogens with zero attached hydrogens (tertiary/aromatic N) is 1. The molecule has 0 saturated carbocycles. The Bertz CT molecular complexity index is 563. The first-order valence-electron chi connectivity index (χ1n) is 8.62. The van der Waals surface area contributed by atoms with Crippen LogP contribution in [0.3, 0.4) is 0 Å². The van der Waals surface area contributed by atoms with E-state index in [0.29, 0.717) is 26.1 Å². The molecule has 0 aliphatic carbocycles. The molecule has 2 atom stereocenters. The van der Waals surface area contributed by atoms with E-state index < -0.39 is 11.6 Å². The summed E-state index contributed by atoms with van der Waals surface area (Å²) in [5.41, 5.74) is 0.0339. The van der Waals surface area contributed by atoms with Crippen LogP contribution < -0.4 is 10.6 Å². The quantitative estimate of drug-likeness (QED) is 0.697. The standard InChI is InChI=1S/C18H27F2N3O2/c1-12(2)23-11-13(9-17(23)18(24)21-7-8-25-3)22-10-14-15(19)5-4-6-16(14)20/h4-6,12-13,17,22H,7-11H2,1-3H3,(H,21,24)/t13-,17+/m1/s1. The summed E-state index contributed by atoms with van der Waals surface area (Å²) in [6.45, 7) is 5.77. The molecule has 0 unspecified atom stereocenters. The molecule has 140 valence electrons. The third-order valence-electron chi connectivity index (χ3n) is 4.54. The first-order chi connectivity index (χ1) is 11.9. The van der Waals surface area contributed by atoms with E-state index in [-0.39, 0.29) is 36.1 Å². The van der Waals surface area contributed by atoms with Crippen molar-refractivity contribution in [1.29, 1.82) is 0 Å². The zero-order valence-corrected chi connectivity index (χ0v) is 15.0. The number of hydrogen-bond acceptors (Lipinski definition) is 4. The number of carbonyl (C=O) groups is 1. The summed E-state index contributed by atoms with van der Waals surface area (Å²) in [5, 5.41) is 6.06. The van der Waals surface area contributed by atoms with Gasteiger partial charge in [0, 0.05) is 44.4 Å². The van der Waals surface area contributed by atoms with E-state index in [1.54, 1.807) is 7.11 Å². The van der Waals surface area contributed by atoms with Crippen LogP contribution in [-0.2, 0) is 16.1 Å². The Morgan fingerprint density at radius 1 is 1.36 bits per heavy atom. The SMILES string of the molecule is COCCNC(=O)[C@@H]1C[C@@H](NCc2c(F)cccc2F)CN1C(C)C. The molecule has 2 N–H and O–H groups in total. The molecule has 0 spiro atoms. The summed E-state index contributed by atoms with van der Waals surface area (Å²) in [6, 6.07) is 3.81. The van der Waals surface area contributed by atoms with Crippen LogP contribution in [0.25, 0.3) is 0 Å². The maximum atomic E-state index is 13.7. The van der Waals surface area contributed by atoms with Crippen molar-refractivity contribution >= 4 is 5.91 Å². The molecule has 5 nitrogen and oxygen atoms in total. The van der Waals surface area contributed by atoms with Gasteiger partial charge in [-0.1, -0.05) is 6.07 Å². The van der Waals surface area contributed by atoms with Gasteiger partial charge in [0.15, 0.2) is 0 Å². The molecule has 25 heavy (non-hydrogen) atoms. The fraction of sp³-hybridized carbons (Fsp3) is 0.611. The lowest BCUT2D eigenvalue weighted by Crippen LogP contribution is -2.46. The highest BCUT2D eigenvalue weighted by Crippen LogP contribution is 2.22. The summed E-state index contributed by atoms with van der Waals surface area (Å²) >= 11 is 0. The topological polar surface area (TPSA) is 53.6 Å². The lowest BCUT2D eigenvalue weighted by atomic mass is 10.1. The Morgan fingerprint density at radius 3 is 2.64 bits per heavy atom. The van der Waals surface area contributed by atoms with Crippen molar-refractivity contribution in [3.63, 3.8) is 0 Å². The van der Waals surface area contributed by atoms with Gasteiger partial charge in [-0.3, -0.25) is 9.69 Å². The van der Waals surface area contributed by atoms with Crippen molar-refractivity contribution in [3.05, 3.63) is 35.4 Å². The lowest BCUT2D eigenvalue weighted by Gasteiger charge is -2.27. The number of halogens is 2. The van der Waals surface area contributed by atoms with Crippen LogP contribution >= 0.6 is 0 Å². The second kappa shape index (κ2) is 9.22. The number of hydrogen-bond donors (Lipinski definition) is 2. The van der Waals surface area contributed by atoms with Gasteiger partial charge < -0.3 is 15.4 Å². The van der Waals surface area contributed by atoms with E-state index in [1.165, 1.54) is 18.2 Å². The Hall–Kier alpha value is -1.57. The minimum Gasteiger partial charge on any atom is -0.383 e. The maximum absolute atomic E-state index is 13.7. The molecule has 1 saturated heterocycles. The molecule has 1 aliphatic rings. The van der Waals surface area contributed by atoms with Crippen LogP contribution in [0, 0.1) is 11.6 Å². The molecule has 1 aliphatic heterocycles. The molecule has 0 radical (unpaired) electrons. The van der Waals surface area contributed by atoms with Gasteiger partial charge in [-0.2, -0.15) is 0 Å². The average Bonchev–Trinajstić information content (AvgIpc) is 2.99. The molecule has 1 aromatic carbocycles. The monoisotopic (exact) mass is 355 g/mol.